The van der Waals surface area contributed by atoms with Gasteiger partial charge in [0.2, 0.25) is 11.8 Å². The Kier molecular flexibility index (Phi) is 4.73. The SMILES string of the molecule is CN(C)C(=O)CCNCC(=O)N(C)C1CC1. The van der Waals surface area contributed by atoms with E-state index in [1.165, 1.54) is 0 Å². The highest BCUT2D eigenvalue weighted by Crippen LogP contribution is 2.24. The molecule has 0 radical (unpaired) electrons. The molecule has 0 atom stereocenters. The van der Waals surface area contributed by atoms with Crippen LogP contribution in [0.2, 0.25) is 0 Å². The molecule has 1 N–H and O–H groups in total. The summed E-state index contributed by atoms with van der Waals surface area (Å²) in [5, 5.41) is 3.00. The molecule has 16 heavy (non-hydrogen) atoms. The zero-order valence-electron chi connectivity index (χ0n) is 10.3. The molecule has 5 heteroatoms. The van der Waals surface area contributed by atoms with Crippen LogP contribution in [0, 0.1) is 0 Å². The number of carbonyl (C=O) groups excluding carboxylic acids is 2. The minimum atomic E-state index is 0.0792. The predicted molar refractivity (Wildman–Crippen MR) is 62.0 cm³/mol. The second-order valence-corrected chi connectivity index (χ2v) is 4.45. The van der Waals surface area contributed by atoms with Crippen LogP contribution < -0.4 is 5.32 Å². The van der Waals surface area contributed by atoms with Crippen molar-refractivity contribution in [2.75, 3.05) is 34.2 Å². The predicted octanol–water partition coefficient (Wildman–Crippen LogP) is -0.325. The Balaban J connectivity index is 2.06. The van der Waals surface area contributed by atoms with E-state index in [2.05, 4.69) is 5.32 Å². The first kappa shape index (κ1) is 13.0. The molecule has 0 bridgehead atoms. The number of hydrogen-bond donors (Lipinski definition) is 1. The van der Waals surface area contributed by atoms with Crippen LogP contribution in [0.4, 0.5) is 0 Å². The zero-order chi connectivity index (χ0) is 12.1. The van der Waals surface area contributed by atoms with Gasteiger partial charge in [0.1, 0.15) is 0 Å². The Morgan fingerprint density at radius 1 is 1.19 bits per heavy atom. The zero-order valence-corrected chi connectivity index (χ0v) is 10.3. The van der Waals surface area contributed by atoms with Gasteiger partial charge >= 0.3 is 0 Å². The van der Waals surface area contributed by atoms with Crippen LogP contribution in [0.3, 0.4) is 0 Å². The minimum Gasteiger partial charge on any atom is -0.349 e. The molecule has 5 nitrogen and oxygen atoms in total. The van der Waals surface area contributed by atoms with Crippen molar-refractivity contribution in [3.63, 3.8) is 0 Å². The monoisotopic (exact) mass is 227 g/mol. The van der Waals surface area contributed by atoms with E-state index in [9.17, 15) is 9.59 Å². The van der Waals surface area contributed by atoms with Crippen LogP contribution in [0.5, 0.6) is 0 Å². The lowest BCUT2D eigenvalue weighted by Crippen LogP contribution is -2.38. The molecule has 2 amide bonds. The van der Waals surface area contributed by atoms with Crippen LogP contribution in [-0.4, -0.2) is 61.9 Å². The summed E-state index contributed by atoms with van der Waals surface area (Å²) in [5.74, 6) is 0.190. The standard InChI is InChI=1S/C11H21N3O2/c1-13(2)10(15)6-7-12-8-11(16)14(3)9-4-5-9/h9,12H,4-8H2,1-3H3. The van der Waals surface area contributed by atoms with Gasteiger partial charge in [-0.25, -0.2) is 0 Å². The third kappa shape index (κ3) is 4.18. The normalized spacial score (nSPS) is 14.7. The number of nitrogens with one attached hydrogen (secondary N) is 1. The summed E-state index contributed by atoms with van der Waals surface area (Å²) >= 11 is 0. The lowest BCUT2D eigenvalue weighted by molar-refractivity contribution is -0.130. The first-order chi connectivity index (χ1) is 7.52. The van der Waals surface area contributed by atoms with Crippen molar-refractivity contribution in [3.8, 4) is 0 Å². The van der Waals surface area contributed by atoms with Gasteiger partial charge in [-0.2, -0.15) is 0 Å². The van der Waals surface area contributed by atoms with Gasteiger partial charge in [-0.15, -0.1) is 0 Å². The molecular weight excluding hydrogens is 206 g/mol. The number of rotatable bonds is 6. The van der Waals surface area contributed by atoms with Crippen LogP contribution in [0.1, 0.15) is 19.3 Å². The number of nitrogens with zero attached hydrogens (tertiary/aromatic N) is 2. The van der Waals surface area contributed by atoms with Crippen LogP contribution in [0.25, 0.3) is 0 Å². The molecule has 1 saturated carbocycles. The van der Waals surface area contributed by atoms with Gasteiger partial charge in [0.15, 0.2) is 0 Å². The van der Waals surface area contributed by atoms with Crippen molar-refractivity contribution in [1.29, 1.82) is 0 Å². The highest BCUT2D eigenvalue weighted by atomic mass is 16.2. The molecule has 1 aliphatic rings. The lowest BCUT2D eigenvalue weighted by atomic mass is 10.3. The summed E-state index contributed by atoms with van der Waals surface area (Å²) in [7, 11) is 5.30. The second-order valence-electron chi connectivity index (χ2n) is 4.45. The maximum absolute atomic E-state index is 11.6. The number of likely N-dealkylation sites (N-methyl/N-ethyl adjacent to an activating group) is 1. The van der Waals surface area contributed by atoms with E-state index in [-0.39, 0.29) is 11.8 Å². The Hall–Kier alpha value is -1.10. The van der Waals surface area contributed by atoms with Crippen LogP contribution in [-0.2, 0) is 9.59 Å². The molecule has 0 aromatic heterocycles. The molecule has 0 unspecified atom stereocenters. The number of hydrogen-bond acceptors (Lipinski definition) is 3. The summed E-state index contributed by atoms with van der Waals surface area (Å²) in [6.07, 6.45) is 2.69. The van der Waals surface area contributed by atoms with Gasteiger partial charge in [0.05, 0.1) is 6.54 Å². The summed E-state index contributed by atoms with van der Waals surface area (Å²) in [6.45, 7) is 0.884. The second kappa shape index (κ2) is 5.84. The number of carbonyl (C=O) groups is 2. The maximum atomic E-state index is 11.6. The third-order valence-corrected chi connectivity index (χ3v) is 2.78. The molecule has 1 fully saturated rings. The van der Waals surface area contributed by atoms with Gasteiger partial charge in [0.25, 0.3) is 0 Å². The van der Waals surface area contributed by atoms with E-state index in [1.54, 1.807) is 23.9 Å². The Labute approximate surface area is 96.8 Å². The van der Waals surface area contributed by atoms with E-state index in [1.807, 2.05) is 7.05 Å². The van der Waals surface area contributed by atoms with Crippen molar-refractivity contribution >= 4 is 11.8 Å². The Morgan fingerprint density at radius 3 is 2.31 bits per heavy atom. The molecule has 0 aliphatic heterocycles. The summed E-state index contributed by atoms with van der Waals surface area (Å²) in [4.78, 5) is 26.1. The van der Waals surface area contributed by atoms with Gasteiger partial charge in [-0.1, -0.05) is 0 Å². The van der Waals surface area contributed by atoms with E-state index >= 15 is 0 Å². The van der Waals surface area contributed by atoms with Crippen LogP contribution in [0.15, 0.2) is 0 Å². The fourth-order valence-corrected chi connectivity index (χ4v) is 1.40. The topological polar surface area (TPSA) is 52.7 Å². The molecule has 0 aromatic rings. The molecule has 1 rings (SSSR count). The molecule has 1 aliphatic carbocycles. The largest absolute Gasteiger partial charge is 0.349 e. The molecule has 0 spiro atoms. The van der Waals surface area contributed by atoms with Gasteiger partial charge in [0, 0.05) is 40.2 Å². The summed E-state index contributed by atoms with van der Waals surface area (Å²) in [5.41, 5.74) is 0. The fourth-order valence-electron chi connectivity index (χ4n) is 1.40. The van der Waals surface area contributed by atoms with Gasteiger partial charge < -0.3 is 15.1 Å². The van der Waals surface area contributed by atoms with E-state index in [4.69, 9.17) is 0 Å². The Morgan fingerprint density at radius 2 is 1.81 bits per heavy atom. The average molecular weight is 227 g/mol. The minimum absolute atomic E-state index is 0.0792. The van der Waals surface area contributed by atoms with Gasteiger partial charge in [-0.3, -0.25) is 9.59 Å². The molecule has 0 heterocycles. The van der Waals surface area contributed by atoms with Gasteiger partial charge in [-0.05, 0) is 12.8 Å². The number of amides is 2. The first-order valence-electron chi connectivity index (χ1n) is 5.69. The quantitative estimate of drug-likeness (QED) is 0.632. The molecule has 92 valence electrons. The van der Waals surface area contributed by atoms with E-state index in [0.29, 0.717) is 25.6 Å². The smallest absolute Gasteiger partial charge is 0.236 e. The summed E-state index contributed by atoms with van der Waals surface area (Å²) in [6, 6.07) is 0.456. The lowest BCUT2D eigenvalue weighted by Gasteiger charge is -2.16. The van der Waals surface area contributed by atoms with Crippen molar-refractivity contribution in [1.82, 2.24) is 15.1 Å². The van der Waals surface area contributed by atoms with Crippen molar-refractivity contribution < 1.29 is 9.59 Å². The molecular formula is C11H21N3O2. The summed E-state index contributed by atoms with van der Waals surface area (Å²) < 4.78 is 0. The average Bonchev–Trinajstić information content (AvgIpc) is 3.06. The fraction of sp³-hybridized carbons (Fsp3) is 0.818. The van der Waals surface area contributed by atoms with Crippen molar-refractivity contribution in [2.45, 2.75) is 25.3 Å². The van der Waals surface area contributed by atoms with E-state index < -0.39 is 0 Å². The highest BCUT2D eigenvalue weighted by Gasteiger charge is 2.28. The van der Waals surface area contributed by atoms with Crippen molar-refractivity contribution in [3.05, 3.63) is 0 Å². The van der Waals surface area contributed by atoms with Crippen molar-refractivity contribution in [2.24, 2.45) is 0 Å². The van der Waals surface area contributed by atoms with E-state index in [0.717, 1.165) is 12.8 Å². The Bertz CT molecular complexity index is 262. The molecule has 0 aromatic carbocycles. The highest BCUT2D eigenvalue weighted by molar-refractivity contribution is 5.79. The third-order valence-electron chi connectivity index (χ3n) is 2.78. The maximum Gasteiger partial charge on any atom is 0.236 e. The van der Waals surface area contributed by atoms with Crippen LogP contribution >= 0.6 is 0 Å². The first-order valence-corrected chi connectivity index (χ1v) is 5.69. The molecule has 0 saturated heterocycles.